The van der Waals surface area contributed by atoms with E-state index in [9.17, 15) is 19.5 Å². The minimum absolute atomic E-state index is 0.0429. The highest BCUT2D eigenvalue weighted by atomic mass is 16.6. The second-order valence-electron chi connectivity index (χ2n) is 15.9. The van der Waals surface area contributed by atoms with Gasteiger partial charge in [-0.3, -0.25) is 9.59 Å². The van der Waals surface area contributed by atoms with E-state index in [1.54, 1.807) is 21.1 Å². The van der Waals surface area contributed by atoms with Gasteiger partial charge in [-0.2, -0.15) is 0 Å². The molecule has 0 N–H and O–H groups in total. The molecule has 0 aromatic carbocycles. The Morgan fingerprint density at radius 3 is 1.45 bits per heavy atom. The molecule has 0 radical (unpaired) electrons. The molecule has 0 aliphatic rings. The van der Waals surface area contributed by atoms with Gasteiger partial charge in [0.1, 0.15) is 12.6 Å². The van der Waals surface area contributed by atoms with E-state index in [0.29, 0.717) is 12.8 Å². The molecule has 0 amide bonds. The number of quaternary nitrogens is 1. The molecule has 2 atom stereocenters. The quantitative estimate of drug-likeness (QED) is 0.0267. The van der Waals surface area contributed by atoms with Crippen LogP contribution in [0.25, 0.3) is 0 Å². The molecular formula is C45H83NO7. The third-order valence-electron chi connectivity index (χ3n) is 9.84. The van der Waals surface area contributed by atoms with Crippen molar-refractivity contribution in [2.45, 2.75) is 206 Å². The Balaban J connectivity index is 4.12. The van der Waals surface area contributed by atoms with E-state index in [-0.39, 0.29) is 42.7 Å². The Kier molecular flexibility index (Phi) is 35.2. The number of esters is 2. The van der Waals surface area contributed by atoms with Crippen molar-refractivity contribution in [1.82, 2.24) is 0 Å². The molecule has 0 saturated carbocycles. The maximum Gasteiger partial charge on any atom is 0.306 e. The summed E-state index contributed by atoms with van der Waals surface area (Å²) in [6.07, 6.45) is 39.5. The van der Waals surface area contributed by atoms with Crippen molar-refractivity contribution in [2.24, 2.45) is 0 Å². The fraction of sp³-hybridized carbons (Fsp3) is 0.844. The van der Waals surface area contributed by atoms with Gasteiger partial charge in [-0.25, -0.2) is 0 Å². The largest absolute Gasteiger partial charge is 0.544 e. The molecule has 0 aliphatic carbocycles. The summed E-state index contributed by atoms with van der Waals surface area (Å²) in [5, 5.41) is 11.6. The van der Waals surface area contributed by atoms with Crippen molar-refractivity contribution in [3.63, 3.8) is 0 Å². The normalized spacial score (nSPS) is 13.2. The predicted octanol–water partition coefficient (Wildman–Crippen LogP) is 10.4. The Morgan fingerprint density at radius 1 is 0.566 bits per heavy atom. The number of allylic oxidation sites excluding steroid dienone is 4. The van der Waals surface area contributed by atoms with Crippen LogP contribution in [0.15, 0.2) is 24.3 Å². The summed E-state index contributed by atoms with van der Waals surface area (Å²) in [7, 11) is 5.40. The van der Waals surface area contributed by atoms with Crippen LogP contribution in [-0.2, 0) is 28.6 Å². The van der Waals surface area contributed by atoms with Gasteiger partial charge in [-0.15, -0.1) is 0 Å². The number of carboxylic acids is 1. The second-order valence-corrected chi connectivity index (χ2v) is 15.9. The fourth-order valence-corrected chi connectivity index (χ4v) is 6.39. The average molecular weight is 750 g/mol. The lowest BCUT2D eigenvalue weighted by atomic mass is 10.0. The summed E-state index contributed by atoms with van der Waals surface area (Å²) in [5.41, 5.74) is 0. The maximum absolute atomic E-state index is 12.7. The van der Waals surface area contributed by atoms with Gasteiger partial charge in [0, 0.05) is 19.3 Å². The number of carbonyl (C=O) groups excluding carboxylic acids is 3. The molecule has 0 aliphatic heterocycles. The average Bonchev–Trinajstić information content (AvgIpc) is 3.11. The molecule has 0 spiro atoms. The molecule has 0 heterocycles. The van der Waals surface area contributed by atoms with E-state index in [1.165, 1.54) is 116 Å². The summed E-state index contributed by atoms with van der Waals surface area (Å²) in [6, 6.07) is -0.721. The van der Waals surface area contributed by atoms with Gasteiger partial charge < -0.3 is 28.6 Å². The number of aliphatic carboxylic acids is 1. The molecule has 0 fully saturated rings. The van der Waals surface area contributed by atoms with E-state index >= 15 is 0 Å². The lowest BCUT2D eigenvalue weighted by Gasteiger charge is -2.34. The van der Waals surface area contributed by atoms with Crippen LogP contribution in [0.1, 0.15) is 194 Å². The first-order valence-electron chi connectivity index (χ1n) is 21.9. The van der Waals surface area contributed by atoms with E-state index in [2.05, 4.69) is 38.2 Å². The number of hydrogen-bond acceptors (Lipinski definition) is 7. The van der Waals surface area contributed by atoms with Crippen LogP contribution in [0.3, 0.4) is 0 Å². The zero-order valence-corrected chi connectivity index (χ0v) is 35.2. The maximum atomic E-state index is 12.7. The zero-order valence-electron chi connectivity index (χ0n) is 35.2. The van der Waals surface area contributed by atoms with Crippen molar-refractivity contribution < 1.29 is 38.2 Å². The first-order valence-corrected chi connectivity index (χ1v) is 21.9. The number of likely N-dealkylation sites (N-methyl/N-ethyl adjacent to an activating group) is 1. The van der Waals surface area contributed by atoms with Crippen LogP contribution in [0.2, 0.25) is 0 Å². The SMILES string of the molecule is CCCCCCC/C=C\C/C=C\CCCCCCCCCCCCCC(=O)OC(COCCC(C(=O)[O-])[N+](C)(C)C)COC(=O)CCCCCCCC. The van der Waals surface area contributed by atoms with Crippen molar-refractivity contribution in [2.75, 3.05) is 41.0 Å². The lowest BCUT2D eigenvalue weighted by Crippen LogP contribution is -2.55. The Morgan fingerprint density at radius 2 is 1.00 bits per heavy atom. The van der Waals surface area contributed by atoms with E-state index < -0.39 is 18.1 Å². The standard InChI is InChI=1S/C45H83NO7/c1-6-8-10-12-14-15-16-17-18-19-20-21-22-23-24-25-26-27-28-29-30-32-34-36-44(48)53-41(39-51-38-37-42(45(49)50)46(3,4)5)40-52-43(47)35-33-31-13-11-9-7-2/h16-17,19-20,41-42H,6-15,18,21-40H2,1-5H3/b17-16-,20-19-. The van der Waals surface area contributed by atoms with E-state index in [0.717, 1.165) is 44.9 Å². The number of rotatable bonds is 39. The third kappa shape index (κ3) is 35.3. The molecule has 310 valence electrons. The predicted molar refractivity (Wildman–Crippen MR) is 217 cm³/mol. The zero-order chi connectivity index (χ0) is 39.3. The van der Waals surface area contributed by atoms with Crippen LogP contribution in [0.5, 0.6) is 0 Å². The van der Waals surface area contributed by atoms with Crippen LogP contribution < -0.4 is 5.11 Å². The molecular weight excluding hydrogens is 666 g/mol. The van der Waals surface area contributed by atoms with Crippen molar-refractivity contribution in [3.05, 3.63) is 24.3 Å². The summed E-state index contributed by atoms with van der Waals surface area (Å²) < 4.78 is 17.1. The summed E-state index contributed by atoms with van der Waals surface area (Å²) >= 11 is 0. The number of unbranched alkanes of at least 4 members (excludes halogenated alkanes) is 21. The van der Waals surface area contributed by atoms with Crippen LogP contribution in [0.4, 0.5) is 0 Å². The van der Waals surface area contributed by atoms with Gasteiger partial charge in [0.15, 0.2) is 6.10 Å². The van der Waals surface area contributed by atoms with Gasteiger partial charge in [0.2, 0.25) is 0 Å². The Bertz CT molecular complexity index is 926. The molecule has 0 saturated heterocycles. The van der Waals surface area contributed by atoms with Crippen LogP contribution in [-0.4, -0.2) is 75.5 Å². The minimum Gasteiger partial charge on any atom is -0.544 e. The third-order valence-corrected chi connectivity index (χ3v) is 9.84. The lowest BCUT2D eigenvalue weighted by molar-refractivity contribution is -0.889. The topological polar surface area (TPSA) is 102 Å². The summed E-state index contributed by atoms with van der Waals surface area (Å²) in [4.78, 5) is 36.6. The van der Waals surface area contributed by atoms with Gasteiger partial charge in [0.05, 0.1) is 40.3 Å². The highest BCUT2D eigenvalue weighted by Gasteiger charge is 2.25. The van der Waals surface area contributed by atoms with E-state index in [1.807, 2.05) is 0 Å². The number of ether oxygens (including phenoxy) is 3. The van der Waals surface area contributed by atoms with E-state index in [4.69, 9.17) is 14.2 Å². The molecule has 2 unspecified atom stereocenters. The molecule has 0 rings (SSSR count). The van der Waals surface area contributed by atoms with Crippen molar-refractivity contribution in [1.29, 1.82) is 0 Å². The summed E-state index contributed by atoms with van der Waals surface area (Å²) in [5.74, 6) is -1.74. The first kappa shape index (κ1) is 50.8. The molecule has 0 aromatic heterocycles. The van der Waals surface area contributed by atoms with Crippen molar-refractivity contribution >= 4 is 17.9 Å². The van der Waals surface area contributed by atoms with Gasteiger partial charge in [-0.05, 0) is 44.9 Å². The number of nitrogens with zero attached hydrogens (tertiary/aromatic N) is 1. The smallest absolute Gasteiger partial charge is 0.306 e. The van der Waals surface area contributed by atoms with Crippen molar-refractivity contribution in [3.8, 4) is 0 Å². The van der Waals surface area contributed by atoms with Gasteiger partial charge in [0.25, 0.3) is 0 Å². The number of hydrogen-bond donors (Lipinski definition) is 0. The second kappa shape index (κ2) is 36.8. The molecule has 8 nitrogen and oxygen atoms in total. The highest BCUT2D eigenvalue weighted by molar-refractivity contribution is 5.70. The van der Waals surface area contributed by atoms with Crippen LogP contribution >= 0.6 is 0 Å². The fourth-order valence-electron chi connectivity index (χ4n) is 6.39. The highest BCUT2D eigenvalue weighted by Crippen LogP contribution is 2.14. The van der Waals surface area contributed by atoms with Gasteiger partial charge >= 0.3 is 11.9 Å². The molecule has 8 heteroatoms. The number of carboxylic acid groups (broad SMARTS) is 1. The molecule has 0 bridgehead atoms. The van der Waals surface area contributed by atoms with Crippen LogP contribution in [0, 0.1) is 0 Å². The first-order chi connectivity index (χ1) is 25.6. The monoisotopic (exact) mass is 750 g/mol. The Hall–Kier alpha value is -2.19. The van der Waals surface area contributed by atoms with Gasteiger partial charge in [-0.1, -0.05) is 154 Å². The molecule has 0 aromatic rings. The summed E-state index contributed by atoms with van der Waals surface area (Å²) in [6.45, 7) is 4.59. The minimum atomic E-state index is -1.13. The number of carbonyl (C=O) groups is 3. The Labute approximate surface area is 326 Å². The molecule has 53 heavy (non-hydrogen) atoms.